The molecule has 0 radical (unpaired) electrons. The highest BCUT2D eigenvalue weighted by molar-refractivity contribution is 5.86. The number of amides is 2. The number of rotatable bonds is 7. The normalized spacial score (nSPS) is 16.7. The summed E-state index contributed by atoms with van der Waals surface area (Å²) < 4.78 is 49.0. The van der Waals surface area contributed by atoms with Gasteiger partial charge in [-0.2, -0.15) is 13.2 Å². The smallest absolute Gasteiger partial charge is 0.419 e. The molecule has 0 saturated carbocycles. The maximum atomic E-state index is 13.0. The van der Waals surface area contributed by atoms with Crippen LogP contribution >= 0.6 is 0 Å². The minimum Gasteiger partial charge on any atom is -0.483 e. The minimum absolute atomic E-state index is 0.217. The number of ether oxygens (including phenoxy) is 2. The lowest BCUT2D eigenvalue weighted by molar-refractivity contribution is -0.152. The van der Waals surface area contributed by atoms with E-state index in [1.807, 2.05) is 0 Å². The molecule has 2 rings (SSSR count). The Hall–Kier alpha value is -2.78. The summed E-state index contributed by atoms with van der Waals surface area (Å²) >= 11 is 0. The highest BCUT2D eigenvalue weighted by atomic mass is 19.4. The van der Waals surface area contributed by atoms with Crippen LogP contribution in [0.1, 0.15) is 25.3 Å². The molecule has 1 unspecified atom stereocenters. The first kappa shape index (κ1) is 23.5. The number of esters is 1. The summed E-state index contributed by atoms with van der Waals surface area (Å²) in [6.45, 7) is 1.75. The molecule has 1 aliphatic heterocycles. The largest absolute Gasteiger partial charge is 0.483 e. The van der Waals surface area contributed by atoms with Gasteiger partial charge < -0.3 is 19.3 Å². The molecule has 2 amide bonds. The summed E-state index contributed by atoms with van der Waals surface area (Å²) in [7, 11) is 1.37. The summed E-state index contributed by atoms with van der Waals surface area (Å²) in [4.78, 5) is 39.2. The van der Waals surface area contributed by atoms with Crippen LogP contribution < -0.4 is 4.74 Å². The number of likely N-dealkylation sites (tertiary alicyclic amines) is 1. The standard InChI is InChI=1S/C20H25F3N2O5/c1-3-29-19(28)14-7-6-10-25(11-14)17(26)12-24(2)18(27)13-30-16-9-5-4-8-15(16)20(21,22)23/h4-5,8-9,14H,3,6-7,10-13H2,1-2H3. The number of halogens is 3. The number of alkyl halides is 3. The summed E-state index contributed by atoms with van der Waals surface area (Å²) in [5, 5.41) is 0. The third-order valence-electron chi connectivity index (χ3n) is 4.74. The fourth-order valence-electron chi connectivity index (χ4n) is 3.12. The molecule has 1 fully saturated rings. The molecule has 1 aromatic carbocycles. The molecule has 1 aliphatic rings. The van der Waals surface area contributed by atoms with Gasteiger partial charge in [-0.1, -0.05) is 12.1 Å². The van der Waals surface area contributed by atoms with Crippen molar-refractivity contribution in [3.05, 3.63) is 29.8 Å². The van der Waals surface area contributed by atoms with Crippen molar-refractivity contribution in [3.8, 4) is 5.75 Å². The second-order valence-corrected chi connectivity index (χ2v) is 6.96. The SMILES string of the molecule is CCOC(=O)C1CCCN(C(=O)CN(C)C(=O)COc2ccccc2C(F)(F)F)C1. The highest BCUT2D eigenvalue weighted by Crippen LogP contribution is 2.35. The van der Waals surface area contributed by atoms with Crippen molar-refractivity contribution in [3.63, 3.8) is 0 Å². The third-order valence-corrected chi connectivity index (χ3v) is 4.74. The molecule has 1 heterocycles. The van der Waals surface area contributed by atoms with E-state index < -0.39 is 35.9 Å². The number of carbonyl (C=O) groups excluding carboxylic acids is 3. The van der Waals surface area contributed by atoms with Gasteiger partial charge in [0.1, 0.15) is 5.75 Å². The first-order valence-electron chi connectivity index (χ1n) is 9.60. The Kier molecular flexibility index (Phi) is 8.08. The van der Waals surface area contributed by atoms with E-state index in [1.165, 1.54) is 24.1 Å². The monoisotopic (exact) mass is 430 g/mol. The molecule has 166 valence electrons. The van der Waals surface area contributed by atoms with Gasteiger partial charge in [-0.3, -0.25) is 14.4 Å². The summed E-state index contributed by atoms with van der Waals surface area (Å²) in [5.41, 5.74) is -0.977. The van der Waals surface area contributed by atoms with Gasteiger partial charge in [0.15, 0.2) is 6.61 Å². The topological polar surface area (TPSA) is 76.2 Å². The van der Waals surface area contributed by atoms with Crippen LogP contribution in [0.4, 0.5) is 13.2 Å². The van der Waals surface area contributed by atoms with E-state index in [2.05, 4.69) is 0 Å². The van der Waals surface area contributed by atoms with E-state index in [1.54, 1.807) is 6.92 Å². The van der Waals surface area contributed by atoms with E-state index in [0.29, 0.717) is 19.4 Å². The van der Waals surface area contributed by atoms with E-state index in [-0.39, 0.29) is 31.6 Å². The number of para-hydroxylation sites is 1. The average molecular weight is 430 g/mol. The minimum atomic E-state index is -4.61. The fraction of sp³-hybridized carbons (Fsp3) is 0.550. The van der Waals surface area contributed by atoms with Crippen molar-refractivity contribution in [2.24, 2.45) is 5.92 Å². The second-order valence-electron chi connectivity index (χ2n) is 6.96. The van der Waals surface area contributed by atoms with Gasteiger partial charge in [-0.25, -0.2) is 0 Å². The van der Waals surface area contributed by atoms with Crippen molar-refractivity contribution >= 4 is 17.8 Å². The van der Waals surface area contributed by atoms with Gasteiger partial charge in [0.25, 0.3) is 5.91 Å². The van der Waals surface area contributed by atoms with E-state index >= 15 is 0 Å². The molecule has 10 heteroatoms. The lowest BCUT2D eigenvalue weighted by Crippen LogP contribution is -2.47. The lowest BCUT2D eigenvalue weighted by Gasteiger charge is -2.32. The van der Waals surface area contributed by atoms with Gasteiger partial charge in [-0.05, 0) is 31.9 Å². The van der Waals surface area contributed by atoms with Gasteiger partial charge in [0.2, 0.25) is 5.91 Å². The Morgan fingerprint density at radius 1 is 1.23 bits per heavy atom. The Bertz CT molecular complexity index is 769. The first-order valence-corrected chi connectivity index (χ1v) is 9.60. The Balaban J connectivity index is 1.88. The molecule has 0 N–H and O–H groups in total. The summed E-state index contributed by atoms with van der Waals surface area (Å²) in [6.07, 6.45) is -3.33. The first-order chi connectivity index (χ1) is 14.1. The molecule has 0 aromatic heterocycles. The van der Waals surface area contributed by atoms with Crippen LogP contribution in [0.3, 0.4) is 0 Å². The van der Waals surface area contributed by atoms with Crippen LogP contribution in [0, 0.1) is 5.92 Å². The zero-order valence-electron chi connectivity index (χ0n) is 16.9. The van der Waals surface area contributed by atoms with Crippen LogP contribution in [-0.2, 0) is 25.3 Å². The van der Waals surface area contributed by atoms with Crippen LogP contribution in [0.5, 0.6) is 5.75 Å². The van der Waals surface area contributed by atoms with Crippen molar-refractivity contribution in [1.82, 2.24) is 9.80 Å². The maximum absolute atomic E-state index is 13.0. The van der Waals surface area contributed by atoms with E-state index in [9.17, 15) is 27.6 Å². The van der Waals surface area contributed by atoms with Gasteiger partial charge >= 0.3 is 12.1 Å². The number of benzene rings is 1. The van der Waals surface area contributed by atoms with Gasteiger partial charge in [0, 0.05) is 20.1 Å². The molecule has 1 atom stereocenters. The fourth-order valence-corrected chi connectivity index (χ4v) is 3.12. The zero-order chi connectivity index (χ0) is 22.3. The molecular formula is C20H25F3N2O5. The van der Waals surface area contributed by atoms with Crippen molar-refractivity contribution in [2.75, 3.05) is 39.9 Å². The number of piperidine rings is 1. The Labute approximate surface area is 172 Å². The number of carbonyl (C=O) groups is 3. The summed E-state index contributed by atoms with van der Waals surface area (Å²) in [5.74, 6) is -2.19. The molecule has 1 saturated heterocycles. The maximum Gasteiger partial charge on any atom is 0.419 e. The average Bonchev–Trinajstić information content (AvgIpc) is 2.71. The molecule has 30 heavy (non-hydrogen) atoms. The predicted octanol–water partition coefficient (Wildman–Crippen LogP) is 2.34. The van der Waals surface area contributed by atoms with Crippen molar-refractivity contribution in [1.29, 1.82) is 0 Å². The number of hydrogen-bond acceptors (Lipinski definition) is 5. The Morgan fingerprint density at radius 3 is 2.60 bits per heavy atom. The lowest BCUT2D eigenvalue weighted by atomic mass is 9.98. The van der Waals surface area contributed by atoms with Crippen LogP contribution in [0.2, 0.25) is 0 Å². The van der Waals surface area contributed by atoms with Gasteiger partial charge in [0.05, 0.1) is 24.6 Å². The Morgan fingerprint density at radius 2 is 1.93 bits per heavy atom. The molecule has 0 spiro atoms. The third kappa shape index (κ3) is 6.36. The molecular weight excluding hydrogens is 405 g/mol. The van der Waals surface area contributed by atoms with Crippen LogP contribution in [0.15, 0.2) is 24.3 Å². The molecule has 0 aliphatic carbocycles. The van der Waals surface area contributed by atoms with E-state index in [0.717, 1.165) is 17.0 Å². The van der Waals surface area contributed by atoms with Crippen molar-refractivity contribution in [2.45, 2.75) is 25.9 Å². The quantitative estimate of drug-likeness (QED) is 0.621. The van der Waals surface area contributed by atoms with Crippen LogP contribution in [-0.4, -0.2) is 67.5 Å². The number of hydrogen-bond donors (Lipinski definition) is 0. The van der Waals surface area contributed by atoms with Gasteiger partial charge in [-0.15, -0.1) is 0 Å². The van der Waals surface area contributed by atoms with Crippen molar-refractivity contribution < 1.29 is 37.0 Å². The number of likely N-dealkylation sites (N-methyl/N-ethyl adjacent to an activating group) is 1. The highest BCUT2D eigenvalue weighted by Gasteiger charge is 2.34. The van der Waals surface area contributed by atoms with Crippen LogP contribution in [0.25, 0.3) is 0 Å². The predicted molar refractivity (Wildman–Crippen MR) is 101 cm³/mol. The van der Waals surface area contributed by atoms with E-state index in [4.69, 9.17) is 9.47 Å². The number of nitrogens with zero attached hydrogens (tertiary/aromatic N) is 2. The zero-order valence-corrected chi connectivity index (χ0v) is 16.9. The summed E-state index contributed by atoms with van der Waals surface area (Å²) in [6, 6.07) is 4.59. The second kappa shape index (κ2) is 10.3. The molecule has 0 bridgehead atoms. The molecule has 7 nitrogen and oxygen atoms in total. The molecule has 1 aromatic rings.